The van der Waals surface area contributed by atoms with Crippen molar-refractivity contribution in [1.82, 2.24) is 0 Å². The van der Waals surface area contributed by atoms with E-state index < -0.39 is 26.7 Å². The molecule has 0 heterocycles. The Morgan fingerprint density at radius 3 is 2.43 bits per heavy atom. The van der Waals surface area contributed by atoms with Crippen molar-refractivity contribution in [2.45, 2.75) is 37.0 Å². The molecule has 0 bridgehead atoms. The maximum atomic E-state index is 13.8. The average Bonchev–Trinajstić information content (AvgIpc) is 2.42. The third kappa shape index (κ3) is 3.70. The van der Waals surface area contributed by atoms with Gasteiger partial charge in [0.05, 0.1) is 16.9 Å². The molecule has 0 aromatic heterocycles. The highest BCUT2D eigenvalue weighted by atomic mass is 32.2. The van der Waals surface area contributed by atoms with Gasteiger partial charge in [-0.3, -0.25) is 0 Å². The van der Waals surface area contributed by atoms with E-state index in [0.717, 1.165) is 12.1 Å². The monoisotopic (exact) mass is 314 g/mol. The molecule has 0 radical (unpaired) electrons. The predicted octanol–water partition coefficient (Wildman–Crippen LogP) is 2.60. The van der Waals surface area contributed by atoms with Gasteiger partial charge in [0.15, 0.2) is 11.6 Å². The molecule has 114 valence electrons. The SMILES string of the molecule is CS(=O)(=O)[C@@H]1CCC[C@H](Nc2c(F)cc(C#N)cc2F)C1. The van der Waals surface area contributed by atoms with Crippen LogP contribution in [0.2, 0.25) is 0 Å². The van der Waals surface area contributed by atoms with Gasteiger partial charge in [0.2, 0.25) is 0 Å². The molecular weight excluding hydrogens is 298 g/mol. The minimum atomic E-state index is -3.15. The fourth-order valence-corrected chi connectivity index (χ4v) is 3.82. The maximum Gasteiger partial charge on any atom is 0.150 e. The van der Waals surface area contributed by atoms with E-state index >= 15 is 0 Å². The van der Waals surface area contributed by atoms with E-state index in [-0.39, 0.29) is 17.3 Å². The second kappa shape index (κ2) is 5.98. The van der Waals surface area contributed by atoms with Crippen LogP contribution in [0, 0.1) is 23.0 Å². The first-order valence-corrected chi connectivity index (χ1v) is 8.61. The molecule has 1 fully saturated rings. The summed E-state index contributed by atoms with van der Waals surface area (Å²) in [6.07, 6.45) is 3.44. The van der Waals surface area contributed by atoms with Crippen molar-refractivity contribution < 1.29 is 17.2 Å². The highest BCUT2D eigenvalue weighted by Gasteiger charge is 2.29. The number of hydrogen-bond donors (Lipinski definition) is 1. The average molecular weight is 314 g/mol. The Labute approximate surface area is 122 Å². The lowest BCUT2D eigenvalue weighted by Gasteiger charge is -2.29. The van der Waals surface area contributed by atoms with Gasteiger partial charge in [0, 0.05) is 12.3 Å². The number of anilines is 1. The van der Waals surface area contributed by atoms with Gasteiger partial charge in [-0.15, -0.1) is 0 Å². The fraction of sp³-hybridized carbons (Fsp3) is 0.500. The van der Waals surface area contributed by atoms with Crippen LogP contribution in [0.5, 0.6) is 0 Å². The minimum absolute atomic E-state index is 0.0896. The molecule has 1 saturated carbocycles. The third-order valence-electron chi connectivity index (χ3n) is 3.75. The molecule has 0 unspecified atom stereocenters. The number of hydrogen-bond acceptors (Lipinski definition) is 4. The van der Waals surface area contributed by atoms with Gasteiger partial charge in [0.1, 0.15) is 15.5 Å². The van der Waals surface area contributed by atoms with Crippen LogP contribution < -0.4 is 5.32 Å². The van der Waals surface area contributed by atoms with Gasteiger partial charge >= 0.3 is 0 Å². The predicted molar refractivity (Wildman–Crippen MR) is 75.6 cm³/mol. The quantitative estimate of drug-likeness (QED) is 0.931. The smallest absolute Gasteiger partial charge is 0.150 e. The summed E-state index contributed by atoms with van der Waals surface area (Å²) in [7, 11) is -3.15. The molecule has 1 aliphatic rings. The van der Waals surface area contributed by atoms with Crippen molar-refractivity contribution in [2.24, 2.45) is 0 Å². The van der Waals surface area contributed by atoms with Crippen LogP contribution in [0.4, 0.5) is 14.5 Å². The highest BCUT2D eigenvalue weighted by Crippen LogP contribution is 2.28. The number of rotatable bonds is 3. The third-order valence-corrected chi connectivity index (χ3v) is 5.39. The molecule has 2 rings (SSSR count). The highest BCUT2D eigenvalue weighted by molar-refractivity contribution is 7.91. The number of halogens is 2. The Morgan fingerprint density at radius 2 is 1.90 bits per heavy atom. The van der Waals surface area contributed by atoms with E-state index in [4.69, 9.17) is 5.26 Å². The lowest BCUT2D eigenvalue weighted by Crippen LogP contribution is -2.34. The number of benzene rings is 1. The van der Waals surface area contributed by atoms with E-state index in [1.807, 2.05) is 0 Å². The number of sulfone groups is 1. The van der Waals surface area contributed by atoms with Gasteiger partial charge < -0.3 is 5.32 Å². The summed E-state index contributed by atoms with van der Waals surface area (Å²) in [4.78, 5) is 0. The summed E-state index contributed by atoms with van der Waals surface area (Å²) >= 11 is 0. The van der Waals surface area contributed by atoms with Crippen LogP contribution in [0.3, 0.4) is 0 Å². The molecule has 0 saturated heterocycles. The van der Waals surface area contributed by atoms with Crippen LogP contribution in [0.15, 0.2) is 12.1 Å². The van der Waals surface area contributed by atoms with Crippen LogP contribution >= 0.6 is 0 Å². The lowest BCUT2D eigenvalue weighted by atomic mass is 9.94. The van der Waals surface area contributed by atoms with E-state index in [1.165, 1.54) is 6.26 Å². The summed E-state index contributed by atoms with van der Waals surface area (Å²) in [5.74, 6) is -1.68. The Bertz CT molecular complexity index is 660. The summed E-state index contributed by atoms with van der Waals surface area (Å²) in [6, 6.07) is 3.30. The summed E-state index contributed by atoms with van der Waals surface area (Å²) in [5, 5.41) is 10.9. The van der Waals surface area contributed by atoms with Crippen molar-refractivity contribution in [2.75, 3.05) is 11.6 Å². The summed E-state index contributed by atoms with van der Waals surface area (Å²) in [5.41, 5.74) is -0.388. The molecule has 2 atom stereocenters. The van der Waals surface area contributed by atoms with Crippen LogP contribution in [0.25, 0.3) is 0 Å². The molecule has 0 spiro atoms. The standard InChI is InChI=1S/C14H16F2N2O2S/c1-21(19,20)11-4-2-3-10(7-11)18-14-12(15)5-9(8-17)6-13(14)16/h5-6,10-11,18H,2-4,7H2,1H3/t10-,11+/m0/s1. The second-order valence-electron chi connectivity index (χ2n) is 5.39. The second-order valence-corrected chi connectivity index (χ2v) is 7.71. The van der Waals surface area contributed by atoms with E-state index in [2.05, 4.69) is 5.32 Å². The number of nitrogens with one attached hydrogen (secondary N) is 1. The zero-order valence-corrected chi connectivity index (χ0v) is 12.4. The first kappa shape index (κ1) is 15.7. The van der Waals surface area contributed by atoms with Gasteiger partial charge in [-0.1, -0.05) is 6.42 Å². The topological polar surface area (TPSA) is 70.0 Å². The fourth-order valence-electron chi connectivity index (χ4n) is 2.64. The van der Waals surface area contributed by atoms with Gasteiger partial charge in [-0.05, 0) is 31.4 Å². The first-order chi connectivity index (χ1) is 9.81. The molecule has 1 aromatic carbocycles. The van der Waals surface area contributed by atoms with Crippen LogP contribution in [-0.2, 0) is 9.84 Å². The molecule has 21 heavy (non-hydrogen) atoms. The van der Waals surface area contributed by atoms with Crippen molar-refractivity contribution in [3.63, 3.8) is 0 Å². The summed E-state index contributed by atoms with van der Waals surface area (Å²) < 4.78 is 50.8. The lowest BCUT2D eigenvalue weighted by molar-refractivity contribution is 0.449. The zero-order valence-electron chi connectivity index (χ0n) is 11.6. The number of nitriles is 1. The zero-order chi connectivity index (χ0) is 15.6. The Morgan fingerprint density at radius 1 is 1.29 bits per heavy atom. The van der Waals surface area contributed by atoms with Crippen molar-refractivity contribution in [3.8, 4) is 6.07 Å². The summed E-state index contributed by atoms with van der Waals surface area (Å²) in [6.45, 7) is 0. The van der Waals surface area contributed by atoms with Crippen molar-refractivity contribution in [1.29, 1.82) is 5.26 Å². The Balaban J connectivity index is 2.17. The number of nitrogens with zero attached hydrogens (tertiary/aromatic N) is 1. The molecular formula is C14H16F2N2O2S. The molecule has 1 aliphatic carbocycles. The van der Waals surface area contributed by atoms with Gasteiger partial charge in [-0.25, -0.2) is 17.2 Å². The van der Waals surface area contributed by atoms with E-state index in [9.17, 15) is 17.2 Å². The van der Waals surface area contributed by atoms with Gasteiger partial charge in [0.25, 0.3) is 0 Å². The van der Waals surface area contributed by atoms with Gasteiger partial charge in [-0.2, -0.15) is 5.26 Å². The molecule has 4 nitrogen and oxygen atoms in total. The van der Waals surface area contributed by atoms with E-state index in [0.29, 0.717) is 25.7 Å². The maximum absolute atomic E-state index is 13.8. The molecule has 7 heteroatoms. The van der Waals surface area contributed by atoms with Crippen LogP contribution in [-0.4, -0.2) is 26.0 Å². The first-order valence-electron chi connectivity index (χ1n) is 6.66. The van der Waals surface area contributed by atoms with E-state index in [1.54, 1.807) is 6.07 Å². The normalized spacial score (nSPS) is 22.6. The molecule has 1 aromatic rings. The molecule has 1 N–H and O–H groups in total. The Hall–Kier alpha value is -1.68. The Kier molecular flexibility index (Phi) is 4.47. The largest absolute Gasteiger partial charge is 0.378 e. The molecule has 0 aliphatic heterocycles. The van der Waals surface area contributed by atoms with Crippen LogP contribution in [0.1, 0.15) is 31.2 Å². The van der Waals surface area contributed by atoms with Crippen molar-refractivity contribution in [3.05, 3.63) is 29.3 Å². The molecule has 0 amide bonds. The minimum Gasteiger partial charge on any atom is -0.378 e. The van der Waals surface area contributed by atoms with Crippen molar-refractivity contribution >= 4 is 15.5 Å².